The number of aromatic carboxylic acids is 1. The minimum absolute atomic E-state index is 0.0200. The van der Waals surface area contributed by atoms with Gasteiger partial charge >= 0.3 is 5.97 Å². The van der Waals surface area contributed by atoms with Crippen molar-refractivity contribution in [2.45, 2.75) is 19.9 Å². The van der Waals surface area contributed by atoms with Crippen LogP contribution in [0.4, 0.5) is 0 Å². The Hall–Kier alpha value is -1.84. The monoisotopic (exact) mass is 207 g/mol. The molecule has 0 saturated heterocycles. The second-order valence-corrected chi connectivity index (χ2v) is 3.46. The highest BCUT2D eigenvalue weighted by molar-refractivity contribution is 5.87. The van der Waals surface area contributed by atoms with E-state index >= 15 is 0 Å². The van der Waals surface area contributed by atoms with Crippen molar-refractivity contribution in [1.82, 2.24) is 4.57 Å². The van der Waals surface area contributed by atoms with E-state index in [0.717, 1.165) is 11.6 Å². The third-order valence-electron chi connectivity index (χ3n) is 2.02. The Labute approximate surface area is 87.5 Å². The number of aromatic nitrogens is 1. The summed E-state index contributed by atoms with van der Waals surface area (Å²) in [5.74, 6) is -1.08. The van der Waals surface area contributed by atoms with E-state index in [1.165, 1.54) is 16.8 Å². The minimum atomic E-state index is -1.08. The quantitative estimate of drug-likeness (QED) is 0.761. The normalized spacial score (nSPS) is 9.93. The van der Waals surface area contributed by atoms with E-state index in [0.29, 0.717) is 13.0 Å². The number of hydrogen-bond donors (Lipinski definition) is 1. The lowest BCUT2D eigenvalue weighted by atomic mass is 10.2. The summed E-state index contributed by atoms with van der Waals surface area (Å²) in [6, 6.07) is 2.54. The summed E-state index contributed by atoms with van der Waals surface area (Å²) in [5, 5.41) is 8.66. The molecule has 0 atom stereocenters. The molecule has 1 aromatic heterocycles. The standard InChI is InChI=1S/C11H13NO3/c1-8(2)3-5-12-6-4-9(11(14)15)7-10(12)13/h4,6-7H,1,3,5H2,2H3,(H,14,15). The van der Waals surface area contributed by atoms with E-state index in [9.17, 15) is 9.59 Å². The van der Waals surface area contributed by atoms with Crippen LogP contribution in [0.25, 0.3) is 0 Å². The first-order valence-corrected chi connectivity index (χ1v) is 4.59. The molecule has 0 bridgehead atoms. The molecule has 0 aliphatic heterocycles. The van der Waals surface area contributed by atoms with Crippen molar-refractivity contribution >= 4 is 5.97 Å². The summed E-state index contributed by atoms with van der Waals surface area (Å²) in [4.78, 5) is 22.0. The van der Waals surface area contributed by atoms with E-state index < -0.39 is 5.97 Å². The van der Waals surface area contributed by atoms with Gasteiger partial charge in [0.15, 0.2) is 0 Å². The fraction of sp³-hybridized carbons (Fsp3) is 0.273. The van der Waals surface area contributed by atoms with Crippen LogP contribution in [-0.2, 0) is 6.54 Å². The van der Waals surface area contributed by atoms with Gasteiger partial charge in [-0.3, -0.25) is 4.79 Å². The van der Waals surface area contributed by atoms with Gasteiger partial charge < -0.3 is 9.67 Å². The molecule has 0 unspecified atom stereocenters. The van der Waals surface area contributed by atoms with Crippen LogP contribution in [0.5, 0.6) is 0 Å². The Morgan fingerprint density at radius 2 is 2.27 bits per heavy atom. The van der Waals surface area contributed by atoms with E-state index in [1.54, 1.807) is 0 Å². The van der Waals surface area contributed by atoms with Crippen LogP contribution < -0.4 is 5.56 Å². The fourth-order valence-electron chi connectivity index (χ4n) is 1.14. The van der Waals surface area contributed by atoms with Crippen LogP contribution in [0.1, 0.15) is 23.7 Å². The highest BCUT2D eigenvalue weighted by Gasteiger charge is 2.04. The molecule has 4 nitrogen and oxygen atoms in total. The van der Waals surface area contributed by atoms with Crippen molar-refractivity contribution < 1.29 is 9.90 Å². The second-order valence-electron chi connectivity index (χ2n) is 3.46. The molecule has 0 spiro atoms. The number of hydrogen-bond acceptors (Lipinski definition) is 2. The van der Waals surface area contributed by atoms with Gasteiger partial charge in [0.1, 0.15) is 0 Å². The SMILES string of the molecule is C=C(C)CCn1ccc(C(=O)O)cc1=O. The van der Waals surface area contributed by atoms with Crippen molar-refractivity contribution in [3.8, 4) is 0 Å². The first-order chi connectivity index (χ1) is 7.00. The van der Waals surface area contributed by atoms with E-state index in [-0.39, 0.29) is 11.1 Å². The number of nitrogens with zero attached hydrogens (tertiary/aromatic N) is 1. The first-order valence-electron chi connectivity index (χ1n) is 4.59. The smallest absolute Gasteiger partial charge is 0.335 e. The first kappa shape index (κ1) is 11.2. The Kier molecular flexibility index (Phi) is 3.44. The summed E-state index contributed by atoms with van der Waals surface area (Å²) in [6.07, 6.45) is 2.21. The lowest BCUT2D eigenvalue weighted by Gasteiger charge is -2.05. The van der Waals surface area contributed by atoms with Crippen LogP contribution in [0, 0.1) is 0 Å². The predicted molar refractivity (Wildman–Crippen MR) is 57.1 cm³/mol. The molecule has 0 aliphatic rings. The maximum absolute atomic E-state index is 11.4. The Morgan fingerprint density at radius 3 is 2.73 bits per heavy atom. The van der Waals surface area contributed by atoms with Gasteiger partial charge in [0.05, 0.1) is 5.56 Å². The van der Waals surface area contributed by atoms with Crippen molar-refractivity contribution in [2.24, 2.45) is 0 Å². The minimum Gasteiger partial charge on any atom is -0.478 e. The van der Waals surface area contributed by atoms with Gasteiger partial charge in [-0.2, -0.15) is 0 Å². The summed E-state index contributed by atoms with van der Waals surface area (Å²) >= 11 is 0. The van der Waals surface area contributed by atoms with Gasteiger partial charge in [0, 0.05) is 18.8 Å². The third-order valence-corrected chi connectivity index (χ3v) is 2.02. The molecule has 0 amide bonds. The van der Waals surface area contributed by atoms with Gasteiger partial charge in [-0.15, -0.1) is 6.58 Å². The van der Waals surface area contributed by atoms with Crippen LogP contribution in [0.3, 0.4) is 0 Å². The van der Waals surface area contributed by atoms with Crippen LogP contribution >= 0.6 is 0 Å². The van der Waals surface area contributed by atoms with Gasteiger partial charge in [0.25, 0.3) is 5.56 Å². The summed E-state index contributed by atoms with van der Waals surface area (Å²) < 4.78 is 1.47. The van der Waals surface area contributed by atoms with Crippen molar-refractivity contribution in [3.05, 3.63) is 46.4 Å². The Morgan fingerprint density at radius 1 is 1.60 bits per heavy atom. The van der Waals surface area contributed by atoms with E-state index in [1.807, 2.05) is 6.92 Å². The molecule has 1 rings (SSSR count). The van der Waals surface area contributed by atoms with Gasteiger partial charge in [-0.1, -0.05) is 5.57 Å². The average Bonchev–Trinajstić information content (AvgIpc) is 2.15. The summed E-state index contributed by atoms with van der Waals surface area (Å²) in [5.41, 5.74) is 0.715. The molecule has 1 aromatic rings. The highest BCUT2D eigenvalue weighted by Crippen LogP contribution is 1.99. The lowest BCUT2D eigenvalue weighted by Crippen LogP contribution is -2.20. The number of aryl methyl sites for hydroxylation is 1. The summed E-state index contributed by atoms with van der Waals surface area (Å²) in [6.45, 7) is 6.16. The number of carboxylic acids is 1. The average molecular weight is 207 g/mol. The maximum atomic E-state index is 11.4. The van der Waals surface area contributed by atoms with Crippen molar-refractivity contribution in [2.75, 3.05) is 0 Å². The number of carbonyl (C=O) groups is 1. The Bertz CT molecular complexity index is 445. The largest absolute Gasteiger partial charge is 0.478 e. The number of pyridine rings is 1. The maximum Gasteiger partial charge on any atom is 0.335 e. The molecule has 15 heavy (non-hydrogen) atoms. The fourth-order valence-corrected chi connectivity index (χ4v) is 1.14. The molecule has 1 heterocycles. The molecule has 4 heteroatoms. The van der Waals surface area contributed by atoms with Crippen LogP contribution in [0.2, 0.25) is 0 Å². The lowest BCUT2D eigenvalue weighted by molar-refractivity contribution is 0.0696. The molecule has 0 aliphatic carbocycles. The summed E-state index contributed by atoms with van der Waals surface area (Å²) in [7, 11) is 0. The second kappa shape index (κ2) is 4.59. The molecule has 1 N–H and O–H groups in total. The molecule has 0 aromatic carbocycles. The zero-order valence-electron chi connectivity index (χ0n) is 8.56. The number of rotatable bonds is 4. The molecular weight excluding hydrogens is 194 g/mol. The zero-order chi connectivity index (χ0) is 11.4. The van der Waals surface area contributed by atoms with Gasteiger partial charge in [-0.25, -0.2) is 4.79 Å². The number of allylic oxidation sites excluding steroid dienone is 1. The Balaban J connectivity index is 2.89. The van der Waals surface area contributed by atoms with Gasteiger partial charge in [-0.05, 0) is 19.4 Å². The number of carboxylic acid groups (broad SMARTS) is 1. The third kappa shape index (κ3) is 3.09. The molecule has 80 valence electrons. The van der Waals surface area contributed by atoms with E-state index in [4.69, 9.17) is 5.11 Å². The molecule has 0 saturated carbocycles. The van der Waals surface area contributed by atoms with Crippen molar-refractivity contribution in [1.29, 1.82) is 0 Å². The molecule has 0 fully saturated rings. The molecular formula is C11H13NO3. The zero-order valence-corrected chi connectivity index (χ0v) is 8.56. The van der Waals surface area contributed by atoms with Crippen molar-refractivity contribution in [3.63, 3.8) is 0 Å². The predicted octanol–water partition coefficient (Wildman–Crippen LogP) is 1.51. The van der Waals surface area contributed by atoms with Crippen LogP contribution in [-0.4, -0.2) is 15.6 Å². The topological polar surface area (TPSA) is 59.3 Å². The highest BCUT2D eigenvalue weighted by atomic mass is 16.4. The van der Waals surface area contributed by atoms with Crippen LogP contribution in [0.15, 0.2) is 35.3 Å². The van der Waals surface area contributed by atoms with Gasteiger partial charge in [0.2, 0.25) is 0 Å². The van der Waals surface area contributed by atoms with E-state index in [2.05, 4.69) is 6.58 Å². The molecule has 0 radical (unpaired) electrons.